The van der Waals surface area contributed by atoms with Gasteiger partial charge in [-0.1, -0.05) is 47.2 Å². The zero-order chi connectivity index (χ0) is 22.5. The number of hydrogen-bond acceptors (Lipinski definition) is 6. The van der Waals surface area contributed by atoms with Crippen LogP contribution in [0, 0.1) is 0 Å². The van der Waals surface area contributed by atoms with Crippen LogP contribution in [-0.2, 0) is 24.4 Å². The number of carbonyl (C=O) groups is 1. The van der Waals surface area contributed by atoms with Crippen molar-refractivity contribution < 1.29 is 4.79 Å². The molecule has 0 atom stereocenters. The first-order chi connectivity index (χ1) is 14.9. The van der Waals surface area contributed by atoms with Gasteiger partial charge in [0.15, 0.2) is 10.8 Å². The van der Waals surface area contributed by atoms with E-state index in [0.29, 0.717) is 27.9 Å². The van der Waals surface area contributed by atoms with Crippen LogP contribution in [0.25, 0.3) is 10.3 Å². The lowest BCUT2D eigenvalue weighted by Crippen LogP contribution is -2.42. The van der Waals surface area contributed by atoms with Gasteiger partial charge in [-0.2, -0.15) is 0 Å². The van der Waals surface area contributed by atoms with Gasteiger partial charge in [0.25, 0.3) is 5.56 Å². The van der Waals surface area contributed by atoms with Crippen molar-refractivity contribution in [3.8, 4) is 0 Å². The average molecular weight is 462 g/mol. The molecule has 0 aliphatic heterocycles. The maximum absolute atomic E-state index is 13.0. The molecule has 0 aliphatic rings. The summed E-state index contributed by atoms with van der Waals surface area (Å²) < 4.78 is 2.65. The molecule has 10 heteroatoms. The van der Waals surface area contributed by atoms with Gasteiger partial charge in [0.05, 0.1) is 0 Å². The Morgan fingerprint density at radius 1 is 1.26 bits per heavy atom. The molecule has 2 aromatic heterocycles. The molecular formula is C21H24ClN5O3S. The number of fused-ring (bicyclic) bond motifs is 1. The molecule has 1 aromatic carbocycles. The van der Waals surface area contributed by atoms with Crippen molar-refractivity contribution in [1.82, 2.24) is 19.4 Å². The van der Waals surface area contributed by atoms with Gasteiger partial charge < -0.3 is 10.2 Å². The van der Waals surface area contributed by atoms with Crippen molar-refractivity contribution in [2.45, 2.75) is 33.5 Å². The Morgan fingerprint density at radius 2 is 1.97 bits per heavy atom. The number of anilines is 1. The quantitative estimate of drug-likeness (QED) is 0.495. The van der Waals surface area contributed by atoms with Gasteiger partial charge in [0.1, 0.15) is 11.2 Å². The van der Waals surface area contributed by atoms with Gasteiger partial charge in [-0.05, 0) is 25.5 Å². The number of hydrogen-bond donors (Lipinski definition) is 1. The molecule has 0 saturated carbocycles. The van der Waals surface area contributed by atoms with Crippen LogP contribution in [0.3, 0.4) is 0 Å². The first-order valence-corrected chi connectivity index (χ1v) is 11.1. The molecule has 31 heavy (non-hydrogen) atoms. The normalized spacial score (nSPS) is 10.9. The highest BCUT2D eigenvalue weighted by Crippen LogP contribution is 2.25. The number of benzene rings is 1. The zero-order valence-electron chi connectivity index (χ0n) is 17.4. The van der Waals surface area contributed by atoms with Gasteiger partial charge in [-0.25, -0.2) is 9.78 Å². The molecule has 0 unspecified atom stereocenters. The molecule has 2 heterocycles. The molecule has 0 aliphatic carbocycles. The van der Waals surface area contributed by atoms with Crippen LogP contribution in [0.1, 0.15) is 19.4 Å². The Balaban J connectivity index is 2.00. The third kappa shape index (κ3) is 4.72. The zero-order valence-corrected chi connectivity index (χ0v) is 19.0. The Morgan fingerprint density at radius 3 is 2.61 bits per heavy atom. The Labute approximate surface area is 188 Å². The second kappa shape index (κ2) is 9.93. The lowest BCUT2D eigenvalue weighted by molar-refractivity contribution is -0.121. The second-order valence-electron chi connectivity index (χ2n) is 6.76. The number of aromatic nitrogens is 3. The van der Waals surface area contributed by atoms with E-state index in [2.05, 4.69) is 16.9 Å². The van der Waals surface area contributed by atoms with Gasteiger partial charge in [0, 0.05) is 31.2 Å². The summed E-state index contributed by atoms with van der Waals surface area (Å²) in [6.45, 7) is 9.02. The van der Waals surface area contributed by atoms with E-state index in [-0.39, 0.29) is 31.2 Å². The summed E-state index contributed by atoms with van der Waals surface area (Å²) in [7, 11) is 0. The number of nitrogens with one attached hydrogen (secondary N) is 1. The van der Waals surface area contributed by atoms with E-state index in [1.165, 1.54) is 22.0 Å². The van der Waals surface area contributed by atoms with Crippen molar-refractivity contribution in [3.05, 3.63) is 68.3 Å². The van der Waals surface area contributed by atoms with Crippen molar-refractivity contribution in [1.29, 1.82) is 0 Å². The lowest BCUT2D eigenvalue weighted by Gasteiger charge is -2.16. The van der Waals surface area contributed by atoms with E-state index in [0.717, 1.165) is 10.1 Å². The minimum Gasteiger partial charge on any atom is -0.350 e. The largest absolute Gasteiger partial charge is 0.350 e. The minimum absolute atomic E-state index is 0.0490. The summed E-state index contributed by atoms with van der Waals surface area (Å²) >= 11 is 7.36. The fourth-order valence-electron chi connectivity index (χ4n) is 3.17. The average Bonchev–Trinajstić information content (AvgIpc) is 3.20. The van der Waals surface area contributed by atoms with E-state index >= 15 is 0 Å². The highest BCUT2D eigenvalue weighted by molar-refractivity contribution is 7.22. The summed E-state index contributed by atoms with van der Waals surface area (Å²) in [5.74, 6) is -0.385. The van der Waals surface area contributed by atoms with Crippen LogP contribution >= 0.6 is 22.9 Å². The smallest absolute Gasteiger partial charge is 0.333 e. The maximum Gasteiger partial charge on any atom is 0.333 e. The van der Waals surface area contributed by atoms with Crippen LogP contribution in [0.4, 0.5) is 5.13 Å². The lowest BCUT2D eigenvalue weighted by atomic mass is 10.2. The molecule has 3 aromatic rings. The van der Waals surface area contributed by atoms with E-state index in [9.17, 15) is 14.4 Å². The van der Waals surface area contributed by atoms with Gasteiger partial charge in [0.2, 0.25) is 5.91 Å². The molecule has 8 nitrogen and oxygen atoms in total. The molecule has 0 bridgehead atoms. The Kier molecular flexibility index (Phi) is 7.29. The predicted molar refractivity (Wildman–Crippen MR) is 125 cm³/mol. The number of nitrogens with zero attached hydrogens (tertiary/aromatic N) is 4. The summed E-state index contributed by atoms with van der Waals surface area (Å²) in [6, 6.07) is 7.19. The third-order valence-corrected chi connectivity index (χ3v) is 6.30. The molecule has 1 amide bonds. The molecule has 3 rings (SSSR count). The van der Waals surface area contributed by atoms with Crippen LogP contribution in [0.2, 0.25) is 5.02 Å². The highest BCUT2D eigenvalue weighted by Gasteiger charge is 2.20. The topological polar surface area (TPSA) is 89.2 Å². The summed E-state index contributed by atoms with van der Waals surface area (Å²) in [5.41, 5.74) is -0.0376. The molecular weight excluding hydrogens is 438 g/mol. The highest BCUT2D eigenvalue weighted by atomic mass is 35.5. The second-order valence-corrected chi connectivity index (χ2v) is 8.15. The molecule has 0 spiro atoms. The Bertz CT molecular complexity index is 1230. The van der Waals surface area contributed by atoms with E-state index < -0.39 is 11.2 Å². The molecule has 0 fully saturated rings. The number of carbonyl (C=O) groups excluding carboxylic acids is 1. The van der Waals surface area contributed by atoms with Crippen LogP contribution in [-0.4, -0.2) is 33.1 Å². The predicted octanol–water partition coefficient (Wildman–Crippen LogP) is 2.62. The summed E-state index contributed by atoms with van der Waals surface area (Å²) in [5, 5.41) is 3.96. The van der Waals surface area contributed by atoms with Gasteiger partial charge in [-0.15, -0.1) is 6.58 Å². The van der Waals surface area contributed by atoms with Crippen molar-refractivity contribution in [3.63, 3.8) is 0 Å². The van der Waals surface area contributed by atoms with Crippen molar-refractivity contribution >= 4 is 44.3 Å². The molecule has 0 radical (unpaired) electrons. The summed E-state index contributed by atoms with van der Waals surface area (Å²) in [6.07, 6.45) is 1.47. The minimum atomic E-state index is -0.596. The Hall–Kier alpha value is -2.91. The van der Waals surface area contributed by atoms with E-state index in [1.807, 2.05) is 36.9 Å². The number of amides is 1. The van der Waals surface area contributed by atoms with Crippen LogP contribution in [0.15, 0.2) is 46.5 Å². The van der Waals surface area contributed by atoms with E-state index in [4.69, 9.17) is 11.6 Å². The third-order valence-electron chi connectivity index (χ3n) is 4.84. The first kappa shape index (κ1) is 22.8. The van der Waals surface area contributed by atoms with Crippen molar-refractivity contribution in [2.75, 3.05) is 18.0 Å². The summed E-state index contributed by atoms with van der Waals surface area (Å²) in [4.78, 5) is 45.0. The monoisotopic (exact) mass is 461 g/mol. The van der Waals surface area contributed by atoms with Crippen LogP contribution < -0.4 is 21.5 Å². The van der Waals surface area contributed by atoms with Gasteiger partial charge >= 0.3 is 5.69 Å². The van der Waals surface area contributed by atoms with Crippen LogP contribution in [0.5, 0.6) is 0 Å². The molecule has 1 N–H and O–H groups in total. The molecule has 164 valence electrons. The fourth-order valence-corrected chi connectivity index (χ4v) is 4.52. The number of thiazole rings is 1. The molecule has 0 saturated heterocycles. The van der Waals surface area contributed by atoms with E-state index in [1.54, 1.807) is 6.07 Å². The first-order valence-electron chi connectivity index (χ1n) is 9.91. The standard InChI is InChI=1S/C21H24ClN5O3S/c1-4-11-26-19(29)17-18(24-20(31-17)25(5-2)6-3)27(21(26)30)13-16(28)23-12-14-9-7-8-10-15(14)22/h4,7-10H,1,5-6,11-13H2,2-3H3,(H,23,28). The van der Waals surface area contributed by atoms with Crippen molar-refractivity contribution in [2.24, 2.45) is 0 Å². The fraction of sp³-hybridized carbons (Fsp3) is 0.333. The van der Waals surface area contributed by atoms with Gasteiger partial charge in [-0.3, -0.25) is 18.7 Å². The number of rotatable bonds is 9. The number of halogens is 1. The maximum atomic E-state index is 13.0. The number of allylic oxidation sites excluding steroid dienone is 1. The SMILES string of the molecule is C=CCn1c(=O)c2sc(N(CC)CC)nc2n(CC(=O)NCc2ccccc2Cl)c1=O.